The number of hydrogen-bond acceptors (Lipinski definition) is 0. The third kappa shape index (κ3) is 4.30. The minimum Gasteiger partial charge on any atom is -0.0654 e. The Morgan fingerprint density at radius 1 is 1.06 bits per heavy atom. The maximum Gasteiger partial charge on any atom is -0.0298 e. The molecule has 1 fully saturated rings. The molecule has 1 rings (SSSR count). The van der Waals surface area contributed by atoms with E-state index in [-0.39, 0.29) is 0 Å². The van der Waals surface area contributed by atoms with Crippen LogP contribution in [0.1, 0.15) is 86.0 Å². The highest BCUT2D eigenvalue weighted by atomic mass is 14.5. The highest BCUT2D eigenvalue weighted by Crippen LogP contribution is 2.53. The molecule has 0 aromatic rings. The van der Waals surface area contributed by atoms with Crippen molar-refractivity contribution in [3.8, 4) is 0 Å². The van der Waals surface area contributed by atoms with Crippen molar-refractivity contribution in [1.29, 1.82) is 0 Å². The lowest BCUT2D eigenvalue weighted by atomic mass is 9.69. The van der Waals surface area contributed by atoms with Crippen LogP contribution in [0.3, 0.4) is 0 Å². The van der Waals surface area contributed by atoms with E-state index in [1.165, 1.54) is 51.4 Å². The van der Waals surface area contributed by atoms with Crippen LogP contribution in [0.25, 0.3) is 0 Å². The Bertz CT molecular complexity index is 208. The van der Waals surface area contributed by atoms with E-state index in [0.717, 1.165) is 17.8 Å². The minimum atomic E-state index is 0.623. The second-order valence-electron chi connectivity index (χ2n) is 6.88. The molecule has 0 N–H and O–H groups in total. The summed E-state index contributed by atoms with van der Waals surface area (Å²) in [6.07, 6.45) is 11.4. The summed E-state index contributed by atoms with van der Waals surface area (Å²) >= 11 is 0. The molecule has 1 saturated carbocycles. The third-order valence-corrected chi connectivity index (χ3v) is 5.34. The zero-order valence-electron chi connectivity index (χ0n) is 12.9. The summed E-state index contributed by atoms with van der Waals surface area (Å²) in [6.45, 7) is 12.2. The van der Waals surface area contributed by atoms with Crippen LogP contribution in [0.5, 0.6) is 0 Å². The third-order valence-electron chi connectivity index (χ3n) is 5.34. The standard InChI is InChI=1S/C17H34/c1-6-8-9-10-12-17(5,11-7-2)15(4)16-13-14(16)3/h14-16H,6-13H2,1-5H3. The van der Waals surface area contributed by atoms with Gasteiger partial charge in [-0.25, -0.2) is 0 Å². The molecule has 0 bridgehead atoms. The van der Waals surface area contributed by atoms with Gasteiger partial charge < -0.3 is 0 Å². The molecule has 0 aromatic heterocycles. The summed E-state index contributed by atoms with van der Waals surface area (Å²) in [7, 11) is 0. The molecule has 0 aromatic carbocycles. The monoisotopic (exact) mass is 238 g/mol. The largest absolute Gasteiger partial charge is 0.0654 e. The van der Waals surface area contributed by atoms with Crippen LogP contribution in [-0.2, 0) is 0 Å². The highest BCUT2D eigenvalue weighted by molar-refractivity contribution is 4.94. The van der Waals surface area contributed by atoms with E-state index in [0.29, 0.717) is 5.41 Å². The van der Waals surface area contributed by atoms with Gasteiger partial charge in [-0.05, 0) is 42.4 Å². The maximum atomic E-state index is 2.57. The van der Waals surface area contributed by atoms with Crippen molar-refractivity contribution in [2.75, 3.05) is 0 Å². The van der Waals surface area contributed by atoms with Gasteiger partial charge in [0.05, 0.1) is 0 Å². The van der Waals surface area contributed by atoms with Crippen molar-refractivity contribution in [1.82, 2.24) is 0 Å². The zero-order chi connectivity index (χ0) is 12.9. The SMILES string of the molecule is CCCCCCC(C)(CCC)C(C)C1CC1C. The number of hydrogen-bond donors (Lipinski definition) is 0. The van der Waals surface area contributed by atoms with E-state index in [4.69, 9.17) is 0 Å². The fraction of sp³-hybridized carbons (Fsp3) is 1.00. The van der Waals surface area contributed by atoms with Crippen molar-refractivity contribution in [2.45, 2.75) is 86.0 Å². The van der Waals surface area contributed by atoms with E-state index >= 15 is 0 Å². The lowest BCUT2D eigenvalue weighted by Gasteiger charge is -2.36. The van der Waals surface area contributed by atoms with Crippen LogP contribution in [0, 0.1) is 23.2 Å². The van der Waals surface area contributed by atoms with Gasteiger partial charge in [0.25, 0.3) is 0 Å². The molecule has 17 heavy (non-hydrogen) atoms. The molecule has 102 valence electrons. The van der Waals surface area contributed by atoms with Gasteiger partial charge in [-0.15, -0.1) is 0 Å². The molecule has 0 aliphatic heterocycles. The fourth-order valence-corrected chi connectivity index (χ4v) is 3.67. The summed E-state index contributed by atoms with van der Waals surface area (Å²) in [5.41, 5.74) is 0.623. The van der Waals surface area contributed by atoms with E-state index in [2.05, 4.69) is 34.6 Å². The van der Waals surface area contributed by atoms with Crippen LogP contribution < -0.4 is 0 Å². The van der Waals surface area contributed by atoms with E-state index in [9.17, 15) is 0 Å². The lowest BCUT2D eigenvalue weighted by molar-refractivity contribution is 0.136. The first-order valence-electron chi connectivity index (χ1n) is 8.05. The Balaban J connectivity index is 2.42. The Morgan fingerprint density at radius 3 is 2.18 bits per heavy atom. The zero-order valence-corrected chi connectivity index (χ0v) is 12.9. The van der Waals surface area contributed by atoms with E-state index in [1.807, 2.05) is 0 Å². The first-order chi connectivity index (χ1) is 8.05. The van der Waals surface area contributed by atoms with Crippen LogP contribution >= 0.6 is 0 Å². The molecule has 0 heterocycles. The average Bonchev–Trinajstić information content (AvgIpc) is 3.01. The molecule has 0 nitrogen and oxygen atoms in total. The van der Waals surface area contributed by atoms with Gasteiger partial charge >= 0.3 is 0 Å². The van der Waals surface area contributed by atoms with Gasteiger partial charge in [0.2, 0.25) is 0 Å². The molecule has 0 heteroatoms. The van der Waals surface area contributed by atoms with Gasteiger partial charge in [-0.2, -0.15) is 0 Å². The normalized spacial score (nSPS) is 28.8. The molecule has 0 spiro atoms. The number of rotatable bonds is 9. The predicted octanol–water partition coefficient (Wildman–Crippen LogP) is 6.06. The summed E-state index contributed by atoms with van der Waals surface area (Å²) < 4.78 is 0. The quantitative estimate of drug-likeness (QED) is 0.429. The molecule has 0 amide bonds. The first kappa shape index (κ1) is 15.1. The molecule has 1 aliphatic rings. The molecular formula is C17H34. The highest BCUT2D eigenvalue weighted by Gasteiger charge is 2.44. The summed E-state index contributed by atoms with van der Waals surface area (Å²) in [4.78, 5) is 0. The molecule has 0 saturated heterocycles. The maximum absolute atomic E-state index is 2.57. The van der Waals surface area contributed by atoms with Crippen molar-refractivity contribution in [2.24, 2.45) is 23.2 Å². The second kappa shape index (κ2) is 6.81. The van der Waals surface area contributed by atoms with Gasteiger partial charge in [-0.1, -0.05) is 66.7 Å². The first-order valence-corrected chi connectivity index (χ1v) is 8.05. The average molecular weight is 238 g/mol. The van der Waals surface area contributed by atoms with Crippen LogP contribution in [0.4, 0.5) is 0 Å². The molecule has 1 aliphatic carbocycles. The molecule has 4 atom stereocenters. The topological polar surface area (TPSA) is 0 Å². The molecular weight excluding hydrogens is 204 g/mol. The van der Waals surface area contributed by atoms with Gasteiger partial charge in [0.15, 0.2) is 0 Å². The second-order valence-corrected chi connectivity index (χ2v) is 6.88. The van der Waals surface area contributed by atoms with Crippen molar-refractivity contribution in [3.05, 3.63) is 0 Å². The fourth-order valence-electron chi connectivity index (χ4n) is 3.67. The molecule has 4 unspecified atom stereocenters. The van der Waals surface area contributed by atoms with Gasteiger partial charge in [0.1, 0.15) is 0 Å². The predicted molar refractivity (Wildman–Crippen MR) is 78.2 cm³/mol. The summed E-state index contributed by atoms with van der Waals surface area (Å²) in [5.74, 6) is 2.99. The van der Waals surface area contributed by atoms with Gasteiger partial charge in [0, 0.05) is 0 Å². The number of unbranched alkanes of at least 4 members (excludes halogenated alkanes) is 3. The summed E-state index contributed by atoms with van der Waals surface area (Å²) in [5, 5.41) is 0. The van der Waals surface area contributed by atoms with Gasteiger partial charge in [-0.3, -0.25) is 0 Å². The Hall–Kier alpha value is 0. The van der Waals surface area contributed by atoms with Crippen LogP contribution in [-0.4, -0.2) is 0 Å². The van der Waals surface area contributed by atoms with Crippen LogP contribution in [0.15, 0.2) is 0 Å². The lowest BCUT2D eigenvalue weighted by Crippen LogP contribution is -2.27. The Kier molecular flexibility index (Phi) is 6.03. The van der Waals surface area contributed by atoms with E-state index in [1.54, 1.807) is 0 Å². The van der Waals surface area contributed by atoms with E-state index < -0.39 is 0 Å². The minimum absolute atomic E-state index is 0.623. The van der Waals surface area contributed by atoms with Crippen LogP contribution in [0.2, 0.25) is 0 Å². The Labute approximate surface area is 110 Å². The smallest absolute Gasteiger partial charge is 0.0298 e. The summed E-state index contributed by atoms with van der Waals surface area (Å²) in [6, 6.07) is 0. The van der Waals surface area contributed by atoms with Crippen molar-refractivity contribution < 1.29 is 0 Å². The molecule has 0 radical (unpaired) electrons. The van der Waals surface area contributed by atoms with Crippen molar-refractivity contribution >= 4 is 0 Å². The van der Waals surface area contributed by atoms with Crippen molar-refractivity contribution in [3.63, 3.8) is 0 Å². The Morgan fingerprint density at radius 2 is 1.71 bits per heavy atom.